The highest BCUT2D eigenvalue weighted by Crippen LogP contribution is 2.33. The highest BCUT2D eigenvalue weighted by atomic mass is 35.5. The Morgan fingerprint density at radius 1 is 1.00 bits per heavy atom. The van der Waals surface area contributed by atoms with Gasteiger partial charge < -0.3 is 4.90 Å². The molecule has 1 aromatic carbocycles. The molecule has 1 nitrogen and oxygen atoms in total. The molecular formula is C8H8Cl3N. The first-order valence-corrected chi connectivity index (χ1v) is 4.47. The van der Waals surface area contributed by atoms with Crippen molar-refractivity contribution in [2.75, 3.05) is 19.0 Å². The summed E-state index contributed by atoms with van der Waals surface area (Å²) < 4.78 is 0. The summed E-state index contributed by atoms with van der Waals surface area (Å²) in [6.07, 6.45) is 0. The summed E-state index contributed by atoms with van der Waals surface area (Å²) in [6.45, 7) is 0. The van der Waals surface area contributed by atoms with Crippen LogP contribution in [0.4, 0.5) is 5.69 Å². The van der Waals surface area contributed by atoms with E-state index in [1.807, 2.05) is 19.0 Å². The molecule has 0 aromatic heterocycles. The largest absolute Gasteiger partial charge is 0.378 e. The molecule has 4 heteroatoms. The minimum Gasteiger partial charge on any atom is -0.378 e. The van der Waals surface area contributed by atoms with Crippen LogP contribution in [0.1, 0.15) is 0 Å². The molecule has 0 spiro atoms. The van der Waals surface area contributed by atoms with Crippen LogP contribution < -0.4 is 4.90 Å². The highest BCUT2D eigenvalue weighted by molar-refractivity contribution is 6.48. The van der Waals surface area contributed by atoms with E-state index in [1.54, 1.807) is 12.1 Å². The van der Waals surface area contributed by atoms with Gasteiger partial charge in [-0.25, -0.2) is 0 Å². The maximum atomic E-state index is 5.82. The maximum absolute atomic E-state index is 5.82. The van der Waals surface area contributed by atoms with Gasteiger partial charge in [0.05, 0.1) is 15.1 Å². The number of rotatable bonds is 1. The van der Waals surface area contributed by atoms with Crippen molar-refractivity contribution in [3.8, 4) is 0 Å². The van der Waals surface area contributed by atoms with Crippen molar-refractivity contribution in [1.29, 1.82) is 0 Å². The van der Waals surface area contributed by atoms with Gasteiger partial charge in [0.1, 0.15) is 0 Å². The normalized spacial score (nSPS) is 10.1. The second-order valence-electron chi connectivity index (χ2n) is 2.62. The lowest BCUT2D eigenvalue weighted by Gasteiger charge is -2.13. The van der Waals surface area contributed by atoms with Gasteiger partial charge in [0, 0.05) is 19.8 Å². The summed E-state index contributed by atoms with van der Waals surface area (Å²) in [7, 11) is 3.83. The molecule has 0 fully saturated rings. The van der Waals surface area contributed by atoms with E-state index < -0.39 is 0 Å². The maximum Gasteiger partial charge on any atom is 0.0780 e. The second kappa shape index (κ2) is 3.73. The van der Waals surface area contributed by atoms with E-state index in [0.717, 1.165) is 5.69 Å². The molecule has 0 heterocycles. The molecular weight excluding hydrogens is 216 g/mol. The van der Waals surface area contributed by atoms with E-state index in [9.17, 15) is 0 Å². The van der Waals surface area contributed by atoms with Gasteiger partial charge in [0.15, 0.2) is 0 Å². The zero-order valence-corrected chi connectivity index (χ0v) is 9.00. The first-order chi connectivity index (χ1) is 5.52. The molecule has 0 aliphatic rings. The monoisotopic (exact) mass is 223 g/mol. The minimum absolute atomic E-state index is 0.406. The molecule has 0 N–H and O–H groups in total. The van der Waals surface area contributed by atoms with Crippen molar-refractivity contribution in [2.24, 2.45) is 0 Å². The fourth-order valence-corrected chi connectivity index (χ4v) is 1.38. The predicted octanol–water partition coefficient (Wildman–Crippen LogP) is 3.71. The number of halogens is 3. The Morgan fingerprint density at radius 3 is 1.75 bits per heavy atom. The van der Waals surface area contributed by atoms with Gasteiger partial charge in [-0.3, -0.25) is 0 Å². The average Bonchev–Trinajstić information content (AvgIpc) is 1.99. The quantitative estimate of drug-likeness (QED) is 0.657. The van der Waals surface area contributed by atoms with Crippen LogP contribution in [-0.4, -0.2) is 14.1 Å². The van der Waals surface area contributed by atoms with Crippen LogP contribution in [0.25, 0.3) is 0 Å². The zero-order chi connectivity index (χ0) is 9.30. The summed E-state index contributed by atoms with van der Waals surface area (Å²) in [4.78, 5) is 1.91. The summed E-state index contributed by atoms with van der Waals surface area (Å²) >= 11 is 17.4. The number of anilines is 1. The van der Waals surface area contributed by atoms with E-state index in [0.29, 0.717) is 15.1 Å². The Bertz CT molecular complexity index is 273. The van der Waals surface area contributed by atoms with Crippen LogP contribution in [0.15, 0.2) is 12.1 Å². The van der Waals surface area contributed by atoms with E-state index in [1.165, 1.54) is 0 Å². The number of hydrogen-bond acceptors (Lipinski definition) is 1. The van der Waals surface area contributed by atoms with E-state index in [4.69, 9.17) is 34.8 Å². The lowest BCUT2D eigenvalue weighted by Crippen LogP contribution is -2.08. The minimum atomic E-state index is 0.406. The molecule has 0 aliphatic carbocycles. The highest BCUT2D eigenvalue weighted by Gasteiger charge is 2.06. The summed E-state index contributed by atoms with van der Waals surface area (Å²) in [5, 5.41) is 1.37. The number of nitrogens with zero attached hydrogens (tertiary/aromatic N) is 1. The van der Waals surface area contributed by atoms with Crippen LogP contribution >= 0.6 is 34.8 Å². The Balaban J connectivity index is 3.21. The Kier molecular flexibility index (Phi) is 3.10. The first kappa shape index (κ1) is 9.97. The van der Waals surface area contributed by atoms with Crippen molar-refractivity contribution in [2.45, 2.75) is 0 Å². The lowest BCUT2D eigenvalue weighted by atomic mass is 10.3. The molecule has 0 unspecified atom stereocenters. The third-order valence-electron chi connectivity index (χ3n) is 1.48. The molecule has 66 valence electrons. The van der Waals surface area contributed by atoms with Crippen LogP contribution in [0, 0.1) is 0 Å². The van der Waals surface area contributed by atoms with Crippen molar-refractivity contribution in [3.63, 3.8) is 0 Å². The Labute approximate surface area is 86.8 Å². The van der Waals surface area contributed by atoms with Crippen molar-refractivity contribution >= 4 is 40.5 Å². The van der Waals surface area contributed by atoms with Gasteiger partial charge in [-0.05, 0) is 12.1 Å². The van der Waals surface area contributed by atoms with Crippen molar-refractivity contribution < 1.29 is 0 Å². The lowest BCUT2D eigenvalue weighted by molar-refractivity contribution is 1.13. The van der Waals surface area contributed by atoms with E-state index >= 15 is 0 Å². The zero-order valence-electron chi connectivity index (χ0n) is 6.74. The van der Waals surface area contributed by atoms with Crippen LogP contribution in [0.2, 0.25) is 15.1 Å². The van der Waals surface area contributed by atoms with Crippen molar-refractivity contribution in [1.82, 2.24) is 0 Å². The molecule has 0 atom stereocenters. The van der Waals surface area contributed by atoms with E-state index in [-0.39, 0.29) is 0 Å². The van der Waals surface area contributed by atoms with Crippen LogP contribution in [0.3, 0.4) is 0 Å². The topological polar surface area (TPSA) is 3.24 Å². The van der Waals surface area contributed by atoms with Gasteiger partial charge in [0.25, 0.3) is 0 Å². The average molecular weight is 225 g/mol. The smallest absolute Gasteiger partial charge is 0.0780 e. The standard InChI is InChI=1S/C8H8Cl3N/c1-12(2)5-3-6(9)8(11)7(10)4-5/h3-4H,1-2H3. The van der Waals surface area contributed by atoms with Gasteiger partial charge >= 0.3 is 0 Å². The molecule has 0 aliphatic heterocycles. The molecule has 0 radical (unpaired) electrons. The molecule has 0 amide bonds. The van der Waals surface area contributed by atoms with Gasteiger partial charge in [-0.15, -0.1) is 0 Å². The molecule has 1 rings (SSSR count). The number of hydrogen-bond donors (Lipinski definition) is 0. The van der Waals surface area contributed by atoms with Crippen LogP contribution in [0.5, 0.6) is 0 Å². The molecule has 1 aromatic rings. The third-order valence-corrected chi connectivity index (χ3v) is 2.68. The third kappa shape index (κ3) is 1.98. The van der Waals surface area contributed by atoms with Gasteiger partial charge in [0.2, 0.25) is 0 Å². The Hall–Kier alpha value is -0.110. The fraction of sp³-hybridized carbons (Fsp3) is 0.250. The molecule has 0 bridgehead atoms. The fourth-order valence-electron chi connectivity index (χ4n) is 0.800. The molecule has 12 heavy (non-hydrogen) atoms. The van der Waals surface area contributed by atoms with Gasteiger partial charge in [-0.1, -0.05) is 34.8 Å². The van der Waals surface area contributed by atoms with Crippen LogP contribution in [-0.2, 0) is 0 Å². The summed E-state index contributed by atoms with van der Waals surface area (Å²) in [5.41, 5.74) is 0.939. The molecule has 0 saturated carbocycles. The summed E-state index contributed by atoms with van der Waals surface area (Å²) in [6, 6.07) is 3.55. The van der Waals surface area contributed by atoms with Gasteiger partial charge in [-0.2, -0.15) is 0 Å². The number of benzene rings is 1. The molecule has 0 saturated heterocycles. The van der Waals surface area contributed by atoms with E-state index in [2.05, 4.69) is 0 Å². The SMILES string of the molecule is CN(C)c1cc(Cl)c(Cl)c(Cl)c1. The summed E-state index contributed by atoms with van der Waals surface area (Å²) in [5.74, 6) is 0. The Morgan fingerprint density at radius 2 is 1.42 bits per heavy atom. The predicted molar refractivity (Wildman–Crippen MR) is 55.8 cm³/mol. The second-order valence-corrected chi connectivity index (χ2v) is 3.81. The first-order valence-electron chi connectivity index (χ1n) is 3.34. The van der Waals surface area contributed by atoms with Crippen molar-refractivity contribution in [3.05, 3.63) is 27.2 Å².